The van der Waals surface area contributed by atoms with E-state index < -0.39 is 17.9 Å². The number of anilines is 1. The molecule has 1 unspecified atom stereocenters. The lowest BCUT2D eigenvalue weighted by atomic mass is 9.78. The molecule has 0 aliphatic carbocycles. The Morgan fingerprint density at radius 1 is 1.04 bits per heavy atom. The number of amides is 3. The zero-order valence-corrected chi connectivity index (χ0v) is 28.4. The maximum atomic E-state index is 13.5. The molecule has 0 radical (unpaired) electrons. The number of carbonyl (C=O) groups excluding carboxylic acids is 4. The number of likely N-dealkylation sites (N-methyl/N-ethyl adjacent to an activating group) is 1. The first-order valence-electron chi connectivity index (χ1n) is 15.9. The molecule has 1 atom stereocenters. The number of imide groups is 1. The fraction of sp³-hybridized carbons (Fsp3) is 0.324. The van der Waals surface area contributed by atoms with E-state index in [9.17, 15) is 19.2 Å². The van der Waals surface area contributed by atoms with Crippen LogP contribution in [0.15, 0.2) is 72.1 Å². The number of thiazole rings is 1. The number of nitrogens with one attached hydrogen (secondary N) is 2. The van der Waals surface area contributed by atoms with E-state index in [0.29, 0.717) is 38.2 Å². The van der Waals surface area contributed by atoms with Crippen molar-refractivity contribution in [2.75, 3.05) is 25.5 Å². The molecule has 2 N–H and O–H groups in total. The number of nitrogens with zero attached hydrogens (tertiary/aromatic N) is 2. The van der Waals surface area contributed by atoms with E-state index in [2.05, 4.69) is 53.7 Å². The summed E-state index contributed by atoms with van der Waals surface area (Å²) in [6, 6.07) is 20.4. The van der Waals surface area contributed by atoms with Crippen LogP contribution < -0.4 is 20.1 Å². The molecule has 1 aliphatic rings. The Hall–Kier alpha value is -5.03. The average Bonchev–Trinajstić information content (AvgIpc) is 3.51. The molecule has 48 heavy (non-hydrogen) atoms. The first-order chi connectivity index (χ1) is 23.1. The van der Waals surface area contributed by atoms with Gasteiger partial charge in [0.25, 0.3) is 5.91 Å². The predicted molar refractivity (Wildman–Crippen MR) is 185 cm³/mol. The highest BCUT2D eigenvalue weighted by atomic mass is 32.1. The normalized spacial score (nSPS) is 14.6. The second-order valence-corrected chi connectivity index (χ2v) is 13.3. The van der Waals surface area contributed by atoms with Crippen molar-refractivity contribution in [3.8, 4) is 11.5 Å². The number of aryl methyl sites for hydroxylation is 1. The zero-order valence-electron chi connectivity index (χ0n) is 27.6. The largest absolute Gasteiger partial charge is 0.494 e. The van der Waals surface area contributed by atoms with Gasteiger partial charge in [-0.15, -0.1) is 11.3 Å². The molecule has 4 aromatic rings. The molecule has 0 spiro atoms. The summed E-state index contributed by atoms with van der Waals surface area (Å²) in [4.78, 5) is 54.9. The van der Waals surface area contributed by atoms with Gasteiger partial charge in [0.2, 0.25) is 11.8 Å². The second-order valence-electron chi connectivity index (χ2n) is 12.2. The molecular formula is C37H40N4O6S. The van der Waals surface area contributed by atoms with Gasteiger partial charge in [0.1, 0.15) is 24.1 Å². The Balaban J connectivity index is 1.12. The van der Waals surface area contributed by atoms with Crippen LogP contribution >= 0.6 is 11.3 Å². The van der Waals surface area contributed by atoms with E-state index in [1.54, 1.807) is 29.5 Å². The number of carbonyl (C=O) groups is 4. The minimum Gasteiger partial charge on any atom is -0.494 e. The molecule has 2 heterocycles. The minimum absolute atomic E-state index is 0.146. The number of ether oxygens (including phenoxy) is 2. The summed E-state index contributed by atoms with van der Waals surface area (Å²) in [7, 11) is 1.51. The van der Waals surface area contributed by atoms with Crippen LogP contribution in [0.3, 0.4) is 0 Å². The molecule has 10 nitrogen and oxygen atoms in total. The summed E-state index contributed by atoms with van der Waals surface area (Å²) in [6.45, 7) is 7.72. The van der Waals surface area contributed by atoms with Crippen molar-refractivity contribution in [3.63, 3.8) is 0 Å². The molecule has 1 aromatic heterocycles. The van der Waals surface area contributed by atoms with Crippen LogP contribution in [0.1, 0.15) is 75.7 Å². The van der Waals surface area contributed by atoms with Crippen molar-refractivity contribution in [2.45, 2.75) is 58.1 Å². The Morgan fingerprint density at radius 3 is 2.31 bits per heavy atom. The molecule has 3 aromatic carbocycles. The number of aldehydes is 1. The van der Waals surface area contributed by atoms with Gasteiger partial charge >= 0.3 is 0 Å². The molecular weight excluding hydrogens is 628 g/mol. The first kappa shape index (κ1) is 34.3. The lowest BCUT2D eigenvalue weighted by molar-refractivity contribution is -0.136. The number of aromatic nitrogens is 1. The van der Waals surface area contributed by atoms with E-state index >= 15 is 0 Å². The summed E-state index contributed by atoms with van der Waals surface area (Å²) in [5, 5.41) is 8.56. The van der Waals surface area contributed by atoms with Gasteiger partial charge in [-0.05, 0) is 61.2 Å². The Kier molecular flexibility index (Phi) is 10.9. The number of rotatable bonds is 14. The molecule has 1 fully saturated rings. The van der Waals surface area contributed by atoms with Crippen LogP contribution in [0.4, 0.5) is 5.69 Å². The van der Waals surface area contributed by atoms with E-state index in [-0.39, 0.29) is 35.3 Å². The fourth-order valence-electron chi connectivity index (χ4n) is 5.64. The van der Waals surface area contributed by atoms with Crippen molar-refractivity contribution < 1.29 is 28.7 Å². The Labute approximate surface area is 284 Å². The predicted octanol–water partition coefficient (Wildman–Crippen LogP) is 5.93. The van der Waals surface area contributed by atoms with Gasteiger partial charge < -0.3 is 19.7 Å². The SMILES string of the molecule is Cc1nc(COc2ccc(C(C)(C)c3ccc(OCCCNc4cccc(C=O)c4C(=O)N(C)C4CCC(=O)NC4=O)cc3)cc2)cs1. The molecule has 1 saturated heterocycles. The van der Waals surface area contributed by atoms with Gasteiger partial charge in [-0.25, -0.2) is 4.98 Å². The third kappa shape index (κ3) is 8.09. The van der Waals surface area contributed by atoms with Gasteiger partial charge in [0, 0.05) is 42.1 Å². The number of hydrogen-bond donors (Lipinski definition) is 2. The highest BCUT2D eigenvalue weighted by Crippen LogP contribution is 2.33. The number of piperidine rings is 1. The van der Waals surface area contributed by atoms with Crippen LogP contribution in [0.25, 0.3) is 0 Å². The van der Waals surface area contributed by atoms with Crippen LogP contribution in [-0.4, -0.2) is 60.1 Å². The molecule has 0 bridgehead atoms. The van der Waals surface area contributed by atoms with Gasteiger partial charge in [-0.2, -0.15) is 0 Å². The van der Waals surface area contributed by atoms with E-state index in [0.717, 1.165) is 27.8 Å². The van der Waals surface area contributed by atoms with Crippen LogP contribution in [0, 0.1) is 6.92 Å². The van der Waals surface area contributed by atoms with Crippen molar-refractivity contribution in [2.24, 2.45) is 0 Å². The summed E-state index contributed by atoms with van der Waals surface area (Å²) < 4.78 is 11.9. The summed E-state index contributed by atoms with van der Waals surface area (Å²) in [6.07, 6.45) is 1.63. The first-order valence-corrected chi connectivity index (χ1v) is 16.8. The molecule has 11 heteroatoms. The monoisotopic (exact) mass is 668 g/mol. The molecule has 1 aliphatic heterocycles. The quantitative estimate of drug-likeness (QED) is 0.0963. The maximum Gasteiger partial charge on any atom is 0.257 e. The maximum absolute atomic E-state index is 13.5. The van der Waals surface area contributed by atoms with Crippen molar-refractivity contribution in [3.05, 3.63) is 105 Å². The Morgan fingerprint density at radius 2 is 1.71 bits per heavy atom. The molecule has 250 valence electrons. The zero-order chi connectivity index (χ0) is 34.3. The molecule has 5 rings (SSSR count). The third-order valence-electron chi connectivity index (χ3n) is 8.55. The van der Waals surface area contributed by atoms with Crippen LogP contribution in [-0.2, 0) is 21.6 Å². The fourth-order valence-corrected chi connectivity index (χ4v) is 6.24. The Bertz CT molecular complexity index is 1770. The average molecular weight is 669 g/mol. The molecule has 0 saturated carbocycles. The van der Waals surface area contributed by atoms with Gasteiger partial charge in [0.05, 0.1) is 22.9 Å². The van der Waals surface area contributed by atoms with E-state index in [4.69, 9.17) is 9.47 Å². The van der Waals surface area contributed by atoms with E-state index in [1.165, 1.54) is 17.5 Å². The minimum atomic E-state index is -0.794. The van der Waals surface area contributed by atoms with E-state index in [1.807, 2.05) is 36.6 Å². The standard InChI is InChI=1S/C37H40N4O6S/c1-24-39-28(23-48-24)22-47-30-15-11-27(12-16-30)37(2,3)26-9-13-29(14-10-26)46-20-6-19-38-31-8-5-7-25(21-42)34(31)36(45)41(4)32-17-18-33(43)40-35(32)44/h5,7-16,21,23,32,38H,6,17-20,22H2,1-4H3,(H,40,43,44). The van der Waals surface area contributed by atoms with Crippen LogP contribution in [0.2, 0.25) is 0 Å². The van der Waals surface area contributed by atoms with Gasteiger partial charge in [-0.1, -0.05) is 50.2 Å². The summed E-state index contributed by atoms with van der Waals surface area (Å²) >= 11 is 1.62. The van der Waals surface area contributed by atoms with Crippen molar-refractivity contribution in [1.29, 1.82) is 0 Å². The third-order valence-corrected chi connectivity index (χ3v) is 9.37. The smallest absolute Gasteiger partial charge is 0.257 e. The highest BCUT2D eigenvalue weighted by molar-refractivity contribution is 7.09. The van der Waals surface area contributed by atoms with Crippen molar-refractivity contribution in [1.82, 2.24) is 15.2 Å². The van der Waals surface area contributed by atoms with Gasteiger partial charge in [0.15, 0.2) is 6.29 Å². The van der Waals surface area contributed by atoms with Crippen LogP contribution in [0.5, 0.6) is 11.5 Å². The second kappa shape index (κ2) is 15.2. The van der Waals surface area contributed by atoms with Gasteiger partial charge in [-0.3, -0.25) is 24.5 Å². The molecule has 3 amide bonds. The summed E-state index contributed by atoms with van der Waals surface area (Å²) in [5.74, 6) is 0.199. The lowest BCUT2D eigenvalue weighted by Gasteiger charge is -2.30. The highest BCUT2D eigenvalue weighted by Gasteiger charge is 2.34. The summed E-state index contributed by atoms with van der Waals surface area (Å²) in [5.41, 5.74) is 3.91. The topological polar surface area (TPSA) is 127 Å². The number of hydrogen-bond acceptors (Lipinski definition) is 9. The lowest BCUT2D eigenvalue weighted by Crippen LogP contribution is -2.53. The number of benzene rings is 3. The van der Waals surface area contributed by atoms with Crippen molar-refractivity contribution >= 4 is 41.0 Å².